The van der Waals surface area contributed by atoms with Gasteiger partial charge in [-0.15, -0.1) is 0 Å². The van der Waals surface area contributed by atoms with Crippen LogP contribution in [0.25, 0.3) is 0 Å². The summed E-state index contributed by atoms with van der Waals surface area (Å²) in [4.78, 5) is 10.7. The van der Waals surface area contributed by atoms with Crippen molar-refractivity contribution >= 4 is 6.29 Å². The van der Waals surface area contributed by atoms with E-state index in [0.717, 1.165) is 6.42 Å². The predicted molar refractivity (Wildman–Crippen MR) is 61.4 cm³/mol. The van der Waals surface area contributed by atoms with Crippen molar-refractivity contribution in [3.8, 4) is 5.75 Å². The summed E-state index contributed by atoms with van der Waals surface area (Å²) < 4.78 is 18.3. The number of hydrogen-bond acceptors (Lipinski definition) is 2. The second-order valence-electron chi connectivity index (χ2n) is 4.96. The lowest BCUT2D eigenvalue weighted by Crippen LogP contribution is -2.11. The van der Waals surface area contributed by atoms with Crippen molar-refractivity contribution in [2.24, 2.45) is 5.41 Å². The van der Waals surface area contributed by atoms with E-state index in [1.165, 1.54) is 18.2 Å². The van der Waals surface area contributed by atoms with Gasteiger partial charge in [-0.25, -0.2) is 4.39 Å². The second kappa shape index (κ2) is 5.10. The summed E-state index contributed by atoms with van der Waals surface area (Å²) in [6.45, 7) is 6.86. The minimum atomic E-state index is -0.426. The molecule has 0 N–H and O–H groups in total. The van der Waals surface area contributed by atoms with Gasteiger partial charge < -0.3 is 4.74 Å². The lowest BCUT2D eigenvalue weighted by molar-refractivity contribution is 0.111. The lowest BCUT2D eigenvalue weighted by atomic mass is 9.93. The predicted octanol–water partition coefficient (Wildman–Crippen LogP) is 3.45. The first-order valence-corrected chi connectivity index (χ1v) is 5.30. The van der Waals surface area contributed by atoms with Crippen LogP contribution in [0.2, 0.25) is 0 Å². The highest BCUT2D eigenvalue weighted by atomic mass is 19.1. The number of benzene rings is 1. The Balaban J connectivity index is 2.63. The van der Waals surface area contributed by atoms with Crippen molar-refractivity contribution in [1.82, 2.24) is 0 Å². The molecule has 1 rings (SSSR count). The van der Waals surface area contributed by atoms with Crippen molar-refractivity contribution in [3.05, 3.63) is 29.6 Å². The lowest BCUT2D eigenvalue weighted by Gasteiger charge is -2.18. The third-order valence-electron chi connectivity index (χ3n) is 2.21. The summed E-state index contributed by atoms with van der Waals surface area (Å²) in [5, 5.41) is 0. The monoisotopic (exact) mass is 224 g/mol. The number of halogens is 1. The van der Waals surface area contributed by atoms with Crippen LogP contribution in [-0.2, 0) is 0 Å². The summed E-state index contributed by atoms with van der Waals surface area (Å²) in [6, 6.07) is 3.96. The molecule has 2 nitrogen and oxygen atoms in total. The molecule has 0 bridgehead atoms. The Bertz CT molecular complexity index is 367. The van der Waals surface area contributed by atoms with Crippen LogP contribution < -0.4 is 4.74 Å². The first-order valence-electron chi connectivity index (χ1n) is 5.30. The van der Waals surface area contributed by atoms with Gasteiger partial charge in [-0.1, -0.05) is 20.8 Å². The summed E-state index contributed by atoms with van der Waals surface area (Å²) in [5.74, 6) is 0.0194. The molecule has 0 heterocycles. The van der Waals surface area contributed by atoms with Crippen LogP contribution in [0.1, 0.15) is 37.6 Å². The number of carbonyl (C=O) groups is 1. The maximum Gasteiger partial charge on any atom is 0.153 e. The van der Waals surface area contributed by atoms with E-state index < -0.39 is 5.82 Å². The molecule has 0 fully saturated rings. The molecule has 0 aliphatic heterocycles. The van der Waals surface area contributed by atoms with Crippen molar-refractivity contribution < 1.29 is 13.9 Å². The maximum atomic E-state index is 12.8. The average molecular weight is 224 g/mol. The molecule has 0 aliphatic rings. The van der Waals surface area contributed by atoms with Crippen molar-refractivity contribution in [2.45, 2.75) is 27.2 Å². The molecule has 0 saturated carbocycles. The van der Waals surface area contributed by atoms with Gasteiger partial charge in [0.1, 0.15) is 11.6 Å². The van der Waals surface area contributed by atoms with E-state index in [1.54, 1.807) is 0 Å². The second-order valence-corrected chi connectivity index (χ2v) is 4.96. The van der Waals surface area contributed by atoms with Crippen LogP contribution in [-0.4, -0.2) is 12.9 Å². The quantitative estimate of drug-likeness (QED) is 0.732. The van der Waals surface area contributed by atoms with Gasteiger partial charge >= 0.3 is 0 Å². The Morgan fingerprint density at radius 1 is 1.38 bits per heavy atom. The molecule has 0 radical (unpaired) electrons. The number of rotatable bonds is 4. The van der Waals surface area contributed by atoms with Gasteiger partial charge in [-0.05, 0) is 30.0 Å². The Labute approximate surface area is 95.4 Å². The summed E-state index contributed by atoms with van der Waals surface area (Å²) in [5.41, 5.74) is 0.440. The molecular weight excluding hydrogens is 207 g/mol. The highest BCUT2D eigenvalue weighted by Gasteiger charge is 2.11. The number of aldehydes is 1. The van der Waals surface area contributed by atoms with E-state index in [-0.39, 0.29) is 11.0 Å². The van der Waals surface area contributed by atoms with E-state index in [0.29, 0.717) is 18.6 Å². The molecule has 88 valence electrons. The van der Waals surface area contributed by atoms with Crippen LogP contribution in [0.4, 0.5) is 4.39 Å². The first-order chi connectivity index (χ1) is 7.42. The van der Waals surface area contributed by atoms with Crippen LogP contribution in [0.15, 0.2) is 18.2 Å². The largest absolute Gasteiger partial charge is 0.493 e. The highest BCUT2D eigenvalue weighted by molar-refractivity contribution is 5.79. The minimum absolute atomic E-state index is 0.182. The Morgan fingerprint density at radius 3 is 2.62 bits per heavy atom. The number of carbonyl (C=O) groups excluding carboxylic acids is 1. The SMILES string of the molecule is CC(C)(C)CCOc1ccc(F)cc1C=O. The van der Waals surface area contributed by atoms with Gasteiger partial charge in [0.2, 0.25) is 0 Å². The topological polar surface area (TPSA) is 26.3 Å². The zero-order valence-electron chi connectivity index (χ0n) is 9.92. The zero-order valence-corrected chi connectivity index (χ0v) is 9.92. The standard InChI is InChI=1S/C13H17FO2/c1-13(2,3)6-7-16-12-5-4-11(14)8-10(12)9-15/h4-5,8-9H,6-7H2,1-3H3. The van der Waals surface area contributed by atoms with Gasteiger partial charge in [-0.2, -0.15) is 0 Å². The van der Waals surface area contributed by atoms with E-state index in [1.807, 2.05) is 0 Å². The van der Waals surface area contributed by atoms with E-state index in [9.17, 15) is 9.18 Å². The molecule has 0 aromatic heterocycles. The van der Waals surface area contributed by atoms with E-state index in [2.05, 4.69) is 20.8 Å². The summed E-state index contributed by atoms with van der Waals surface area (Å²) >= 11 is 0. The molecule has 16 heavy (non-hydrogen) atoms. The van der Waals surface area contributed by atoms with Gasteiger partial charge in [0.15, 0.2) is 6.29 Å². The van der Waals surface area contributed by atoms with Crippen LogP contribution >= 0.6 is 0 Å². The normalized spacial score (nSPS) is 11.2. The van der Waals surface area contributed by atoms with Gasteiger partial charge in [0.25, 0.3) is 0 Å². The zero-order chi connectivity index (χ0) is 12.2. The number of ether oxygens (including phenoxy) is 1. The molecular formula is C13H17FO2. The Morgan fingerprint density at radius 2 is 2.06 bits per heavy atom. The van der Waals surface area contributed by atoms with Crippen LogP contribution in [0, 0.1) is 11.2 Å². The summed E-state index contributed by atoms with van der Waals surface area (Å²) in [6.07, 6.45) is 1.48. The maximum absolute atomic E-state index is 12.8. The van der Waals surface area contributed by atoms with E-state index in [4.69, 9.17) is 4.74 Å². The van der Waals surface area contributed by atoms with Gasteiger partial charge in [0, 0.05) is 0 Å². The molecule has 0 aliphatic carbocycles. The molecule has 0 amide bonds. The fourth-order valence-electron chi connectivity index (χ4n) is 1.21. The first kappa shape index (κ1) is 12.7. The molecule has 1 aromatic rings. The smallest absolute Gasteiger partial charge is 0.153 e. The Hall–Kier alpha value is -1.38. The van der Waals surface area contributed by atoms with Gasteiger partial charge in [-0.3, -0.25) is 4.79 Å². The van der Waals surface area contributed by atoms with Gasteiger partial charge in [0.05, 0.1) is 12.2 Å². The molecule has 0 saturated heterocycles. The summed E-state index contributed by atoms with van der Waals surface area (Å²) in [7, 11) is 0. The van der Waals surface area contributed by atoms with Crippen molar-refractivity contribution in [1.29, 1.82) is 0 Å². The molecule has 1 aromatic carbocycles. The highest BCUT2D eigenvalue weighted by Crippen LogP contribution is 2.21. The fourth-order valence-corrected chi connectivity index (χ4v) is 1.21. The molecule has 3 heteroatoms. The Kier molecular flexibility index (Phi) is 4.05. The average Bonchev–Trinajstić information content (AvgIpc) is 2.18. The molecule has 0 unspecified atom stereocenters. The fraction of sp³-hybridized carbons (Fsp3) is 0.462. The van der Waals surface area contributed by atoms with Crippen molar-refractivity contribution in [3.63, 3.8) is 0 Å². The van der Waals surface area contributed by atoms with Crippen molar-refractivity contribution in [2.75, 3.05) is 6.61 Å². The third kappa shape index (κ3) is 4.01. The molecule has 0 spiro atoms. The van der Waals surface area contributed by atoms with Crippen LogP contribution in [0.3, 0.4) is 0 Å². The minimum Gasteiger partial charge on any atom is -0.493 e. The molecule has 0 atom stereocenters. The number of hydrogen-bond donors (Lipinski definition) is 0. The third-order valence-corrected chi connectivity index (χ3v) is 2.21. The van der Waals surface area contributed by atoms with Crippen LogP contribution in [0.5, 0.6) is 5.75 Å². The van der Waals surface area contributed by atoms with E-state index >= 15 is 0 Å².